The van der Waals surface area contributed by atoms with Gasteiger partial charge in [-0.25, -0.2) is 16.8 Å². The first-order valence-corrected chi connectivity index (χ1v) is 11.7. The molecule has 0 saturated carbocycles. The van der Waals surface area contributed by atoms with E-state index in [0.29, 0.717) is 18.8 Å². The molecule has 0 atom stereocenters. The lowest BCUT2D eigenvalue weighted by atomic mass is 10.1. The number of rotatable bonds is 3. The lowest BCUT2D eigenvalue weighted by Gasteiger charge is -2.30. The first-order chi connectivity index (χ1) is 10.7. The maximum Gasteiger partial charge on any atom is 0.177 e. The van der Waals surface area contributed by atoms with Crippen molar-refractivity contribution in [3.8, 4) is 0 Å². The molecule has 23 heavy (non-hydrogen) atoms. The van der Waals surface area contributed by atoms with E-state index in [9.17, 15) is 16.8 Å². The van der Waals surface area contributed by atoms with Crippen LogP contribution in [-0.4, -0.2) is 35.9 Å². The Morgan fingerprint density at radius 2 is 1.78 bits per heavy atom. The van der Waals surface area contributed by atoms with E-state index >= 15 is 0 Å². The summed E-state index contributed by atoms with van der Waals surface area (Å²) in [5.74, 6) is 0. The van der Waals surface area contributed by atoms with E-state index in [-0.39, 0.29) is 9.79 Å². The molecular weight excluding hydrogens is 354 g/mol. The Morgan fingerprint density at radius 1 is 1.04 bits per heavy atom. The van der Waals surface area contributed by atoms with Crippen molar-refractivity contribution in [2.75, 3.05) is 24.0 Å². The highest BCUT2D eigenvalue weighted by Gasteiger charge is 2.24. The quantitative estimate of drug-likeness (QED) is 0.826. The van der Waals surface area contributed by atoms with Crippen LogP contribution in [0.3, 0.4) is 0 Å². The summed E-state index contributed by atoms with van der Waals surface area (Å²) >= 11 is 1.71. The van der Waals surface area contributed by atoms with Crippen molar-refractivity contribution in [1.29, 1.82) is 0 Å². The van der Waals surface area contributed by atoms with E-state index in [2.05, 4.69) is 6.07 Å². The van der Waals surface area contributed by atoms with Gasteiger partial charge in [-0.2, -0.15) is 0 Å². The molecule has 5 nitrogen and oxygen atoms in total. The van der Waals surface area contributed by atoms with Crippen LogP contribution in [0.15, 0.2) is 39.4 Å². The maximum absolute atomic E-state index is 12.2. The monoisotopic (exact) mass is 371 g/mol. The minimum Gasteiger partial charge on any atom is -0.366 e. The molecule has 1 aliphatic heterocycles. The van der Waals surface area contributed by atoms with Gasteiger partial charge in [-0.3, -0.25) is 0 Å². The highest BCUT2D eigenvalue weighted by molar-refractivity contribution is 7.91. The molecule has 0 unspecified atom stereocenters. The molecule has 0 bridgehead atoms. The van der Waals surface area contributed by atoms with Crippen molar-refractivity contribution in [3.63, 3.8) is 0 Å². The highest BCUT2D eigenvalue weighted by Crippen LogP contribution is 2.33. The number of anilines is 1. The Bertz CT molecular complexity index is 958. The first-order valence-electron chi connectivity index (χ1n) is 7.00. The fourth-order valence-corrected chi connectivity index (χ4v) is 5.27. The summed E-state index contributed by atoms with van der Waals surface area (Å²) in [4.78, 5) is 3.42. The summed E-state index contributed by atoms with van der Waals surface area (Å²) in [6.45, 7) is 1.35. The van der Waals surface area contributed by atoms with Gasteiger partial charge < -0.3 is 4.90 Å². The summed E-state index contributed by atoms with van der Waals surface area (Å²) in [7, 11) is -6.99. The van der Waals surface area contributed by atoms with Crippen LogP contribution in [0.2, 0.25) is 0 Å². The molecule has 2 aromatic rings. The second kappa shape index (κ2) is 5.61. The van der Waals surface area contributed by atoms with Crippen LogP contribution >= 0.6 is 11.3 Å². The van der Waals surface area contributed by atoms with Gasteiger partial charge in [0.1, 0.15) is 0 Å². The van der Waals surface area contributed by atoms with Gasteiger partial charge in [0.2, 0.25) is 0 Å². The lowest BCUT2D eigenvalue weighted by molar-refractivity contribution is 0.599. The van der Waals surface area contributed by atoms with Crippen LogP contribution in [0.4, 0.5) is 5.69 Å². The Morgan fingerprint density at radius 3 is 2.43 bits per heavy atom. The molecule has 0 fully saturated rings. The predicted octanol–water partition coefficient (Wildman–Crippen LogP) is 2.12. The Balaban J connectivity index is 2.10. The van der Waals surface area contributed by atoms with Gasteiger partial charge in [-0.15, -0.1) is 11.3 Å². The second-order valence-corrected chi connectivity index (χ2v) is 10.7. The van der Waals surface area contributed by atoms with E-state index in [4.69, 9.17) is 0 Å². The van der Waals surface area contributed by atoms with Crippen LogP contribution < -0.4 is 4.90 Å². The molecule has 2 heterocycles. The molecule has 0 radical (unpaired) electrons. The Kier molecular flexibility index (Phi) is 4.02. The fraction of sp³-hybridized carbons (Fsp3) is 0.333. The third kappa shape index (κ3) is 3.29. The zero-order chi connectivity index (χ0) is 16.8. The maximum atomic E-state index is 12.2. The molecule has 0 saturated heterocycles. The van der Waals surface area contributed by atoms with Gasteiger partial charge in [0.15, 0.2) is 19.7 Å². The topological polar surface area (TPSA) is 71.5 Å². The second-order valence-electron chi connectivity index (χ2n) is 5.71. The number of nitrogens with zero attached hydrogens (tertiary/aromatic N) is 1. The molecule has 1 aromatic carbocycles. The number of hydrogen-bond donors (Lipinski definition) is 0. The molecule has 1 aliphatic rings. The van der Waals surface area contributed by atoms with Gasteiger partial charge in [0.25, 0.3) is 0 Å². The van der Waals surface area contributed by atoms with Crippen LogP contribution in [0.5, 0.6) is 0 Å². The van der Waals surface area contributed by atoms with Crippen molar-refractivity contribution in [1.82, 2.24) is 0 Å². The van der Waals surface area contributed by atoms with Crippen LogP contribution in [0.1, 0.15) is 10.4 Å². The van der Waals surface area contributed by atoms with Crippen molar-refractivity contribution < 1.29 is 16.8 Å². The molecule has 0 N–H and O–H groups in total. The van der Waals surface area contributed by atoms with Crippen molar-refractivity contribution in [3.05, 3.63) is 40.1 Å². The average Bonchev–Trinajstić information content (AvgIpc) is 2.92. The van der Waals surface area contributed by atoms with Gasteiger partial charge in [-0.05, 0) is 41.6 Å². The van der Waals surface area contributed by atoms with E-state index in [1.807, 2.05) is 10.3 Å². The minimum absolute atomic E-state index is 0.0231. The molecule has 0 aliphatic carbocycles. The third-order valence-electron chi connectivity index (χ3n) is 3.91. The van der Waals surface area contributed by atoms with Crippen LogP contribution in [0.25, 0.3) is 0 Å². The van der Waals surface area contributed by atoms with E-state index in [1.54, 1.807) is 17.4 Å². The van der Waals surface area contributed by atoms with Crippen molar-refractivity contribution >= 4 is 36.7 Å². The fourth-order valence-electron chi connectivity index (χ4n) is 2.74. The first kappa shape index (κ1) is 16.5. The minimum atomic E-state index is -3.53. The number of thiophene rings is 1. The molecule has 124 valence electrons. The number of hydrogen-bond acceptors (Lipinski definition) is 6. The smallest absolute Gasteiger partial charge is 0.177 e. The highest BCUT2D eigenvalue weighted by atomic mass is 32.2. The molecule has 1 aromatic heterocycles. The third-order valence-corrected chi connectivity index (χ3v) is 7.17. The summed E-state index contributed by atoms with van der Waals surface area (Å²) < 4.78 is 47.7. The van der Waals surface area contributed by atoms with Gasteiger partial charge in [0.05, 0.1) is 15.5 Å². The van der Waals surface area contributed by atoms with E-state index < -0.39 is 19.7 Å². The zero-order valence-electron chi connectivity index (χ0n) is 12.8. The van der Waals surface area contributed by atoms with Crippen LogP contribution in [-0.2, 0) is 32.6 Å². The zero-order valence-corrected chi connectivity index (χ0v) is 15.3. The SMILES string of the molecule is CS(=O)(=O)c1ccc(N2CCc3sccc3C2)c(S(C)(=O)=O)c1. The van der Waals surface area contributed by atoms with E-state index in [1.165, 1.54) is 22.6 Å². The molecular formula is C15H17NO4S3. The number of sulfone groups is 2. The Hall–Kier alpha value is -1.38. The molecule has 0 spiro atoms. The van der Waals surface area contributed by atoms with Crippen LogP contribution in [0, 0.1) is 0 Å². The largest absolute Gasteiger partial charge is 0.366 e. The Labute approximate surface area is 140 Å². The number of benzene rings is 1. The standard InChI is InChI=1S/C15H17NO4S3/c1-22(17,18)12-3-4-13(15(9-12)23(2,19)20)16-7-5-14-11(10-16)6-8-21-14/h3-4,6,8-9H,5,7,10H2,1-2H3. The van der Waals surface area contributed by atoms with Gasteiger partial charge >= 0.3 is 0 Å². The van der Waals surface area contributed by atoms with Gasteiger partial charge in [-0.1, -0.05) is 0 Å². The summed E-state index contributed by atoms with van der Waals surface area (Å²) in [5, 5.41) is 2.04. The summed E-state index contributed by atoms with van der Waals surface area (Å²) in [6.07, 6.45) is 3.05. The normalized spacial score (nSPS) is 15.5. The summed E-state index contributed by atoms with van der Waals surface area (Å²) in [6, 6.07) is 6.40. The predicted molar refractivity (Wildman–Crippen MR) is 91.7 cm³/mol. The lowest BCUT2D eigenvalue weighted by Crippen LogP contribution is -2.30. The van der Waals surface area contributed by atoms with E-state index in [0.717, 1.165) is 18.9 Å². The van der Waals surface area contributed by atoms with Crippen molar-refractivity contribution in [2.24, 2.45) is 0 Å². The molecule has 0 amide bonds. The number of fused-ring (bicyclic) bond motifs is 1. The molecule has 3 rings (SSSR count). The van der Waals surface area contributed by atoms with Gasteiger partial charge in [0, 0.05) is 30.5 Å². The van der Waals surface area contributed by atoms with Crippen molar-refractivity contribution in [2.45, 2.75) is 22.8 Å². The molecule has 8 heteroatoms. The average molecular weight is 372 g/mol. The summed E-state index contributed by atoms with van der Waals surface area (Å²) in [5.41, 5.74) is 1.77.